The van der Waals surface area contributed by atoms with E-state index in [0.717, 1.165) is 16.1 Å². The highest BCUT2D eigenvalue weighted by atomic mass is 32.2. The predicted molar refractivity (Wildman–Crippen MR) is 119 cm³/mol. The monoisotopic (exact) mass is 461 g/mol. The van der Waals surface area contributed by atoms with Crippen molar-refractivity contribution in [2.24, 2.45) is 5.73 Å². The number of nitrogens with two attached hydrogens (primary N) is 1. The van der Waals surface area contributed by atoms with Crippen molar-refractivity contribution in [2.75, 3.05) is 21.2 Å². The summed E-state index contributed by atoms with van der Waals surface area (Å²) in [6, 6.07) is 13.7. The highest BCUT2D eigenvalue weighted by molar-refractivity contribution is 8.00. The molecule has 0 radical (unpaired) electrons. The van der Waals surface area contributed by atoms with Crippen molar-refractivity contribution in [3.63, 3.8) is 0 Å². The molecule has 0 fully saturated rings. The van der Waals surface area contributed by atoms with E-state index >= 15 is 0 Å². The van der Waals surface area contributed by atoms with Gasteiger partial charge in [0.25, 0.3) is 0 Å². The second-order valence-electron chi connectivity index (χ2n) is 6.82. The van der Waals surface area contributed by atoms with Gasteiger partial charge in [-0.2, -0.15) is 0 Å². The number of primary amides is 1. The van der Waals surface area contributed by atoms with E-state index in [4.69, 9.17) is 10.5 Å². The molecule has 0 aliphatic carbocycles. The molecule has 31 heavy (non-hydrogen) atoms. The molecule has 3 aromatic rings. The van der Waals surface area contributed by atoms with Gasteiger partial charge in [0.2, 0.25) is 15.9 Å². The number of amides is 1. The molecule has 1 heterocycles. The largest absolute Gasteiger partial charge is 0.497 e. The molecule has 2 N–H and O–H groups in total. The van der Waals surface area contributed by atoms with Crippen LogP contribution < -0.4 is 10.5 Å². The lowest BCUT2D eigenvalue weighted by molar-refractivity contribution is -0.117. The van der Waals surface area contributed by atoms with Crippen LogP contribution in [0.4, 0.5) is 0 Å². The van der Waals surface area contributed by atoms with Crippen molar-refractivity contribution in [1.29, 1.82) is 0 Å². The minimum absolute atomic E-state index is 0.134. The molecule has 9 nitrogen and oxygen atoms in total. The van der Waals surface area contributed by atoms with Gasteiger partial charge in [0.05, 0.1) is 22.9 Å². The highest BCUT2D eigenvalue weighted by Gasteiger charge is 2.23. The molecule has 0 saturated heterocycles. The molecule has 1 aromatic heterocycles. The summed E-state index contributed by atoms with van der Waals surface area (Å²) in [6.07, 6.45) is 0. The molecule has 0 saturated carbocycles. The number of ether oxygens (including phenoxy) is 1. The Morgan fingerprint density at radius 2 is 1.87 bits per heavy atom. The quantitative estimate of drug-likeness (QED) is 0.510. The summed E-state index contributed by atoms with van der Waals surface area (Å²) < 4.78 is 33.4. The van der Waals surface area contributed by atoms with E-state index < -0.39 is 21.2 Å². The fraction of sp³-hybridized carbons (Fsp3) is 0.250. The van der Waals surface area contributed by atoms with E-state index in [0.29, 0.717) is 28.0 Å². The van der Waals surface area contributed by atoms with E-state index in [1.165, 1.54) is 20.2 Å². The van der Waals surface area contributed by atoms with Gasteiger partial charge >= 0.3 is 0 Å². The van der Waals surface area contributed by atoms with Gasteiger partial charge in [0.1, 0.15) is 5.75 Å². The van der Waals surface area contributed by atoms with Crippen LogP contribution in [0.2, 0.25) is 0 Å². The summed E-state index contributed by atoms with van der Waals surface area (Å²) in [7, 11) is 0.878. The summed E-state index contributed by atoms with van der Waals surface area (Å²) in [4.78, 5) is 11.7. The molecule has 164 valence electrons. The van der Waals surface area contributed by atoms with Gasteiger partial charge in [0.15, 0.2) is 11.0 Å². The first-order valence-electron chi connectivity index (χ1n) is 9.24. The first-order valence-corrected chi connectivity index (χ1v) is 11.6. The predicted octanol–water partition coefficient (Wildman–Crippen LogP) is 2.16. The fourth-order valence-electron chi connectivity index (χ4n) is 2.74. The van der Waals surface area contributed by atoms with Crippen LogP contribution >= 0.6 is 11.8 Å². The number of thioether (sulfide) groups is 1. The molecule has 0 aliphatic heterocycles. The number of hydrogen-bond donors (Lipinski definition) is 1. The lowest BCUT2D eigenvalue weighted by Crippen LogP contribution is -2.23. The number of methoxy groups -OCH3 is 1. The zero-order chi connectivity index (χ0) is 22.8. The molecule has 0 bridgehead atoms. The molecule has 1 amide bonds. The minimum Gasteiger partial charge on any atom is -0.497 e. The van der Waals surface area contributed by atoms with Crippen LogP contribution in [-0.4, -0.2) is 59.8 Å². The third-order valence-electron chi connectivity index (χ3n) is 4.50. The zero-order valence-corrected chi connectivity index (χ0v) is 19.1. The topological polar surface area (TPSA) is 120 Å². The average Bonchev–Trinajstić information content (AvgIpc) is 3.17. The molecule has 0 aliphatic rings. The highest BCUT2D eigenvalue weighted by Crippen LogP contribution is 2.32. The van der Waals surface area contributed by atoms with E-state index in [9.17, 15) is 13.2 Å². The Morgan fingerprint density at radius 1 is 1.16 bits per heavy atom. The van der Waals surface area contributed by atoms with Gasteiger partial charge in [-0.1, -0.05) is 30.0 Å². The number of hydrogen-bond acceptors (Lipinski definition) is 7. The number of nitrogens with zero attached hydrogens (tertiary/aromatic N) is 4. The van der Waals surface area contributed by atoms with Crippen LogP contribution in [0.3, 0.4) is 0 Å². The minimum atomic E-state index is -3.63. The lowest BCUT2D eigenvalue weighted by Gasteiger charge is -2.14. The van der Waals surface area contributed by atoms with Gasteiger partial charge < -0.3 is 10.5 Å². The average molecular weight is 462 g/mol. The Bertz CT molecular complexity index is 1210. The molecule has 1 unspecified atom stereocenters. The Hall–Kier alpha value is -2.89. The second kappa shape index (κ2) is 9.08. The van der Waals surface area contributed by atoms with Crippen molar-refractivity contribution in [1.82, 2.24) is 19.1 Å². The van der Waals surface area contributed by atoms with Gasteiger partial charge in [0, 0.05) is 25.7 Å². The summed E-state index contributed by atoms with van der Waals surface area (Å²) in [5.74, 6) is 0.564. The van der Waals surface area contributed by atoms with Gasteiger partial charge in [-0.3, -0.25) is 9.36 Å². The van der Waals surface area contributed by atoms with Gasteiger partial charge in [-0.05, 0) is 31.2 Å². The second-order valence-corrected chi connectivity index (χ2v) is 10.3. The van der Waals surface area contributed by atoms with E-state index in [1.54, 1.807) is 48.9 Å². The van der Waals surface area contributed by atoms with Crippen molar-refractivity contribution in [3.8, 4) is 22.8 Å². The number of rotatable bonds is 8. The van der Waals surface area contributed by atoms with Crippen LogP contribution in [0.5, 0.6) is 5.75 Å². The maximum atomic E-state index is 12.6. The molecular formula is C20H23N5O4S2. The van der Waals surface area contributed by atoms with Crippen LogP contribution in [0.15, 0.2) is 58.6 Å². The first-order chi connectivity index (χ1) is 14.6. The Balaban J connectivity index is 2.19. The fourth-order valence-corrected chi connectivity index (χ4v) is 4.50. The van der Waals surface area contributed by atoms with Crippen molar-refractivity contribution < 1.29 is 17.9 Å². The van der Waals surface area contributed by atoms with E-state index in [1.807, 2.05) is 12.1 Å². The normalized spacial score (nSPS) is 12.7. The summed E-state index contributed by atoms with van der Waals surface area (Å²) >= 11 is 1.16. The van der Waals surface area contributed by atoms with Crippen LogP contribution in [0, 0.1) is 0 Å². The number of aromatic nitrogens is 3. The Kier molecular flexibility index (Phi) is 6.68. The van der Waals surface area contributed by atoms with Gasteiger partial charge in [-0.25, -0.2) is 12.7 Å². The lowest BCUT2D eigenvalue weighted by atomic mass is 10.2. The van der Waals surface area contributed by atoms with Crippen molar-refractivity contribution >= 4 is 27.7 Å². The summed E-state index contributed by atoms with van der Waals surface area (Å²) in [5.41, 5.74) is 6.67. The van der Waals surface area contributed by atoms with Gasteiger partial charge in [-0.15, -0.1) is 10.2 Å². The van der Waals surface area contributed by atoms with Crippen LogP contribution in [-0.2, 0) is 14.8 Å². The maximum Gasteiger partial charge on any atom is 0.242 e. The molecule has 3 rings (SSSR count). The number of carbonyl (C=O) groups excluding carboxylic acids is 1. The van der Waals surface area contributed by atoms with E-state index in [2.05, 4.69) is 10.2 Å². The van der Waals surface area contributed by atoms with Crippen molar-refractivity contribution in [2.45, 2.75) is 22.2 Å². The molecule has 2 aromatic carbocycles. The number of benzene rings is 2. The van der Waals surface area contributed by atoms with Crippen LogP contribution in [0.25, 0.3) is 17.1 Å². The Morgan fingerprint density at radius 3 is 2.52 bits per heavy atom. The smallest absolute Gasteiger partial charge is 0.242 e. The first kappa shape index (κ1) is 22.8. The Labute approximate surface area is 185 Å². The summed E-state index contributed by atoms with van der Waals surface area (Å²) in [6.45, 7) is 1.68. The van der Waals surface area contributed by atoms with Crippen molar-refractivity contribution in [3.05, 3.63) is 48.5 Å². The third kappa shape index (κ3) is 4.73. The zero-order valence-electron chi connectivity index (χ0n) is 17.5. The molecule has 11 heteroatoms. The number of carbonyl (C=O) groups is 1. The van der Waals surface area contributed by atoms with E-state index in [-0.39, 0.29) is 4.90 Å². The maximum absolute atomic E-state index is 12.6. The third-order valence-corrected chi connectivity index (χ3v) is 7.37. The molecular weight excluding hydrogens is 438 g/mol. The standard InChI is InChI=1S/C20H23N5O4S2/c1-13(18(21)26)30-20-23-22-19(25(20)15-8-6-9-16(12-15)29-4)14-7-5-10-17(11-14)31(27,28)24(2)3/h5-13H,1-4H3,(H2,21,26). The van der Waals surface area contributed by atoms with Crippen LogP contribution in [0.1, 0.15) is 6.92 Å². The summed E-state index contributed by atoms with van der Waals surface area (Å²) in [5, 5.41) is 8.43. The molecule has 0 spiro atoms. The SMILES string of the molecule is COc1cccc(-n2c(SC(C)C(N)=O)nnc2-c2cccc(S(=O)(=O)N(C)C)c2)c1. The number of sulfonamides is 1. The molecule has 1 atom stereocenters.